The molecule has 0 saturated carbocycles. The molecule has 2 aliphatic heterocycles. The number of amides is 1. The predicted octanol–water partition coefficient (Wildman–Crippen LogP) is 1.16. The van der Waals surface area contributed by atoms with Crippen LogP contribution in [0.25, 0.3) is 0 Å². The summed E-state index contributed by atoms with van der Waals surface area (Å²) in [5.74, 6) is 0. The van der Waals surface area contributed by atoms with Crippen molar-refractivity contribution < 1.29 is 14.3 Å². The predicted molar refractivity (Wildman–Crippen MR) is 63.6 cm³/mol. The van der Waals surface area contributed by atoms with Crippen LogP contribution in [0.2, 0.25) is 0 Å². The first-order valence-corrected chi connectivity index (χ1v) is 6.26. The van der Waals surface area contributed by atoms with Gasteiger partial charge in [0.25, 0.3) is 0 Å². The fraction of sp³-hybridized carbons (Fsp3) is 0.917. The van der Waals surface area contributed by atoms with Crippen molar-refractivity contribution in [3.63, 3.8) is 0 Å². The second-order valence-electron chi connectivity index (χ2n) is 5.94. The van der Waals surface area contributed by atoms with E-state index in [-0.39, 0.29) is 30.4 Å². The maximum atomic E-state index is 11.7. The molecule has 98 valence electrons. The van der Waals surface area contributed by atoms with Gasteiger partial charge in [0.05, 0.1) is 18.2 Å². The number of hydrogen-bond acceptors (Lipinski definition) is 4. The van der Waals surface area contributed by atoms with Crippen molar-refractivity contribution in [2.75, 3.05) is 0 Å². The molecule has 0 aromatic carbocycles. The molecule has 2 fully saturated rings. The molecule has 4 atom stereocenters. The minimum atomic E-state index is -0.463. The van der Waals surface area contributed by atoms with Crippen molar-refractivity contribution in [3.05, 3.63) is 0 Å². The van der Waals surface area contributed by atoms with Crippen molar-refractivity contribution in [3.8, 4) is 0 Å². The largest absolute Gasteiger partial charge is 0.444 e. The van der Waals surface area contributed by atoms with Crippen LogP contribution in [0.4, 0.5) is 4.79 Å². The van der Waals surface area contributed by atoms with Crippen LogP contribution >= 0.6 is 0 Å². The van der Waals surface area contributed by atoms with Crippen LogP contribution in [-0.4, -0.2) is 36.0 Å². The molecule has 2 saturated heterocycles. The zero-order valence-corrected chi connectivity index (χ0v) is 10.7. The number of ether oxygens (including phenoxy) is 2. The highest BCUT2D eigenvalue weighted by Gasteiger charge is 2.42. The zero-order chi connectivity index (χ0) is 12.6. The molecule has 0 aromatic rings. The van der Waals surface area contributed by atoms with Gasteiger partial charge in [-0.1, -0.05) is 0 Å². The van der Waals surface area contributed by atoms with Gasteiger partial charge in [-0.05, 0) is 40.0 Å². The van der Waals surface area contributed by atoms with E-state index in [4.69, 9.17) is 15.2 Å². The number of nitrogens with two attached hydrogens (primary N) is 1. The molecule has 2 heterocycles. The minimum absolute atomic E-state index is 0.0448. The number of carbonyl (C=O) groups is 1. The van der Waals surface area contributed by atoms with Gasteiger partial charge in [-0.15, -0.1) is 0 Å². The Morgan fingerprint density at radius 3 is 2.65 bits per heavy atom. The lowest BCUT2D eigenvalue weighted by Gasteiger charge is -2.27. The van der Waals surface area contributed by atoms with E-state index in [1.807, 2.05) is 20.8 Å². The van der Waals surface area contributed by atoms with E-state index in [2.05, 4.69) is 5.32 Å². The van der Waals surface area contributed by atoms with E-state index in [1.54, 1.807) is 0 Å². The second-order valence-corrected chi connectivity index (χ2v) is 5.94. The molecule has 2 bridgehead atoms. The Kier molecular flexibility index (Phi) is 3.32. The smallest absolute Gasteiger partial charge is 0.407 e. The van der Waals surface area contributed by atoms with Crippen molar-refractivity contribution in [1.82, 2.24) is 5.32 Å². The summed E-state index contributed by atoms with van der Waals surface area (Å²) >= 11 is 0. The lowest BCUT2D eigenvalue weighted by molar-refractivity contribution is -0.0133. The van der Waals surface area contributed by atoms with Gasteiger partial charge in [-0.25, -0.2) is 4.79 Å². The van der Waals surface area contributed by atoms with Crippen LogP contribution in [0.3, 0.4) is 0 Å². The highest BCUT2D eigenvalue weighted by atomic mass is 16.6. The maximum Gasteiger partial charge on any atom is 0.407 e. The molecule has 17 heavy (non-hydrogen) atoms. The normalized spacial score (nSPS) is 36.7. The summed E-state index contributed by atoms with van der Waals surface area (Å²) < 4.78 is 11.0. The van der Waals surface area contributed by atoms with Gasteiger partial charge >= 0.3 is 6.09 Å². The lowest BCUT2D eigenvalue weighted by atomic mass is 10.1. The van der Waals surface area contributed by atoms with Gasteiger partial charge in [0.1, 0.15) is 5.60 Å². The fourth-order valence-electron chi connectivity index (χ4n) is 2.48. The average molecular weight is 242 g/mol. The topological polar surface area (TPSA) is 73.6 Å². The van der Waals surface area contributed by atoms with E-state index < -0.39 is 5.60 Å². The third-order valence-corrected chi connectivity index (χ3v) is 3.25. The SMILES string of the molecule is CC(C)(C)OC(=O)N[C@@H]1C[C@@H]2O[C@H]1CC[C@H]2N. The summed E-state index contributed by atoms with van der Waals surface area (Å²) in [6.07, 6.45) is 2.51. The maximum absolute atomic E-state index is 11.7. The van der Waals surface area contributed by atoms with Crippen molar-refractivity contribution in [2.24, 2.45) is 5.73 Å². The molecule has 1 amide bonds. The molecule has 0 unspecified atom stereocenters. The molecule has 5 heteroatoms. The van der Waals surface area contributed by atoms with Gasteiger partial charge in [-0.2, -0.15) is 0 Å². The Morgan fingerprint density at radius 2 is 2.06 bits per heavy atom. The summed E-state index contributed by atoms with van der Waals surface area (Å²) in [5, 5.41) is 2.89. The van der Waals surface area contributed by atoms with Crippen LogP contribution in [0.5, 0.6) is 0 Å². The Balaban J connectivity index is 1.86. The van der Waals surface area contributed by atoms with Crippen LogP contribution in [0.15, 0.2) is 0 Å². The highest BCUT2D eigenvalue weighted by molar-refractivity contribution is 5.68. The quantitative estimate of drug-likeness (QED) is 0.723. The third-order valence-electron chi connectivity index (χ3n) is 3.25. The van der Waals surface area contributed by atoms with Gasteiger partial charge in [-0.3, -0.25) is 0 Å². The molecule has 2 rings (SSSR count). The standard InChI is InChI=1S/C12H22N2O3/c1-12(2,3)17-11(15)14-8-6-10-7(13)4-5-9(8)16-10/h7-10H,4-6,13H2,1-3H3,(H,14,15)/t7-,8-,9+,10+/m1/s1. The van der Waals surface area contributed by atoms with E-state index in [0.717, 1.165) is 19.3 Å². The number of rotatable bonds is 1. The summed E-state index contributed by atoms with van der Waals surface area (Å²) in [5.41, 5.74) is 5.48. The summed E-state index contributed by atoms with van der Waals surface area (Å²) in [6, 6.07) is 0.153. The van der Waals surface area contributed by atoms with Crippen molar-refractivity contribution >= 4 is 6.09 Å². The monoisotopic (exact) mass is 242 g/mol. The van der Waals surface area contributed by atoms with Crippen LogP contribution in [-0.2, 0) is 9.47 Å². The molecular formula is C12H22N2O3. The van der Waals surface area contributed by atoms with E-state index in [0.29, 0.717) is 0 Å². The fourth-order valence-corrected chi connectivity index (χ4v) is 2.48. The summed E-state index contributed by atoms with van der Waals surface area (Å²) in [4.78, 5) is 11.7. The molecule has 0 aliphatic carbocycles. The number of alkyl carbamates (subject to hydrolysis) is 1. The summed E-state index contributed by atoms with van der Waals surface area (Å²) in [6.45, 7) is 5.56. The van der Waals surface area contributed by atoms with Gasteiger partial charge < -0.3 is 20.5 Å². The van der Waals surface area contributed by atoms with Crippen LogP contribution < -0.4 is 11.1 Å². The van der Waals surface area contributed by atoms with Gasteiger partial charge in [0.2, 0.25) is 0 Å². The molecule has 0 radical (unpaired) electrons. The lowest BCUT2D eigenvalue weighted by Crippen LogP contribution is -2.43. The number of carbonyl (C=O) groups excluding carboxylic acids is 1. The van der Waals surface area contributed by atoms with Crippen molar-refractivity contribution in [2.45, 2.75) is 69.9 Å². The highest BCUT2D eigenvalue weighted by Crippen LogP contribution is 2.32. The average Bonchev–Trinajstić information content (AvgIpc) is 2.48. The Morgan fingerprint density at radius 1 is 1.35 bits per heavy atom. The number of hydrogen-bond donors (Lipinski definition) is 2. The number of fused-ring (bicyclic) bond motifs is 2. The molecule has 5 nitrogen and oxygen atoms in total. The Labute approximate surface area is 102 Å². The molecule has 2 aliphatic rings. The first-order valence-electron chi connectivity index (χ1n) is 6.26. The molecule has 0 aromatic heterocycles. The van der Waals surface area contributed by atoms with Crippen LogP contribution in [0.1, 0.15) is 40.0 Å². The van der Waals surface area contributed by atoms with Crippen molar-refractivity contribution in [1.29, 1.82) is 0 Å². The zero-order valence-electron chi connectivity index (χ0n) is 10.7. The Hall–Kier alpha value is -0.810. The molecule has 3 N–H and O–H groups in total. The summed E-state index contributed by atoms with van der Waals surface area (Å²) in [7, 11) is 0. The first kappa shape index (κ1) is 12.6. The van der Waals surface area contributed by atoms with E-state index in [9.17, 15) is 4.79 Å². The number of nitrogens with one attached hydrogen (secondary N) is 1. The van der Waals surface area contributed by atoms with Gasteiger partial charge in [0.15, 0.2) is 0 Å². The minimum Gasteiger partial charge on any atom is -0.444 e. The molecular weight excluding hydrogens is 220 g/mol. The van der Waals surface area contributed by atoms with E-state index >= 15 is 0 Å². The Bertz CT molecular complexity index is 301. The van der Waals surface area contributed by atoms with Crippen LogP contribution in [0, 0.1) is 0 Å². The first-order chi connectivity index (χ1) is 7.85. The van der Waals surface area contributed by atoms with E-state index in [1.165, 1.54) is 0 Å². The third kappa shape index (κ3) is 3.10. The van der Waals surface area contributed by atoms with Gasteiger partial charge in [0, 0.05) is 6.04 Å². The molecule has 0 spiro atoms. The second kappa shape index (κ2) is 4.46.